The van der Waals surface area contributed by atoms with Crippen LogP contribution in [0.15, 0.2) is 48.8 Å². The predicted octanol–water partition coefficient (Wildman–Crippen LogP) is 2.55. The Hall–Kier alpha value is -2.66. The molecule has 3 rings (SSSR count). The van der Waals surface area contributed by atoms with E-state index < -0.39 is 0 Å². The second-order valence-corrected chi connectivity index (χ2v) is 6.27. The minimum Gasteiger partial charge on any atom is -0.368 e. The lowest BCUT2D eigenvalue weighted by molar-refractivity contribution is -0.118. The molecule has 5 heteroatoms. The van der Waals surface area contributed by atoms with E-state index in [0.717, 1.165) is 37.1 Å². The molecule has 0 saturated heterocycles. The lowest BCUT2D eigenvalue weighted by Gasteiger charge is -2.07. The standard InChI is InChI=1S/C20H24N4O/c1-15-18(13-23-10-4-5-16-8-11-22-12-9-16)17-6-2-3-7-19(17)24(15)14-20(21)25/h2-3,6-9,11-12,23H,4-5,10,13-14H2,1H3,(H2,21,25). The number of nitrogens with zero attached hydrogens (tertiary/aromatic N) is 2. The van der Waals surface area contributed by atoms with Crippen LogP contribution in [-0.2, 0) is 24.3 Å². The van der Waals surface area contributed by atoms with Crippen LogP contribution in [0.5, 0.6) is 0 Å². The Bertz CT molecular complexity index is 855. The van der Waals surface area contributed by atoms with Crippen LogP contribution in [0.3, 0.4) is 0 Å². The molecule has 0 aliphatic carbocycles. The number of nitrogens with two attached hydrogens (primary N) is 1. The summed E-state index contributed by atoms with van der Waals surface area (Å²) in [5.41, 5.74) is 10.1. The maximum absolute atomic E-state index is 11.4. The molecule has 130 valence electrons. The van der Waals surface area contributed by atoms with Gasteiger partial charge in [-0.2, -0.15) is 0 Å². The van der Waals surface area contributed by atoms with E-state index in [2.05, 4.69) is 35.4 Å². The van der Waals surface area contributed by atoms with Gasteiger partial charge in [0.1, 0.15) is 6.54 Å². The number of hydrogen-bond acceptors (Lipinski definition) is 3. The highest BCUT2D eigenvalue weighted by Crippen LogP contribution is 2.25. The van der Waals surface area contributed by atoms with E-state index in [1.54, 1.807) is 0 Å². The molecule has 0 aliphatic heterocycles. The van der Waals surface area contributed by atoms with Crippen LogP contribution in [0.4, 0.5) is 0 Å². The zero-order chi connectivity index (χ0) is 17.6. The van der Waals surface area contributed by atoms with Crippen molar-refractivity contribution in [3.05, 3.63) is 65.6 Å². The molecule has 2 aromatic heterocycles. The van der Waals surface area contributed by atoms with Crippen molar-refractivity contribution in [2.45, 2.75) is 32.9 Å². The lowest BCUT2D eigenvalue weighted by atomic mass is 10.1. The molecule has 0 radical (unpaired) electrons. The van der Waals surface area contributed by atoms with Gasteiger partial charge in [-0.3, -0.25) is 9.78 Å². The Labute approximate surface area is 147 Å². The van der Waals surface area contributed by atoms with Gasteiger partial charge in [0.05, 0.1) is 0 Å². The molecule has 5 nitrogen and oxygen atoms in total. The van der Waals surface area contributed by atoms with Gasteiger partial charge in [-0.15, -0.1) is 0 Å². The van der Waals surface area contributed by atoms with E-state index in [4.69, 9.17) is 5.73 Å². The van der Waals surface area contributed by atoms with Gasteiger partial charge in [0, 0.05) is 35.5 Å². The number of hydrogen-bond donors (Lipinski definition) is 2. The molecule has 3 N–H and O–H groups in total. The number of carbonyl (C=O) groups excluding carboxylic acids is 1. The smallest absolute Gasteiger partial charge is 0.237 e. The Kier molecular flexibility index (Phi) is 5.46. The van der Waals surface area contributed by atoms with Gasteiger partial charge in [-0.25, -0.2) is 0 Å². The van der Waals surface area contributed by atoms with Crippen molar-refractivity contribution in [2.75, 3.05) is 6.54 Å². The Morgan fingerprint density at radius 1 is 1.20 bits per heavy atom. The minimum atomic E-state index is -0.319. The SMILES string of the molecule is Cc1c(CNCCCc2ccncc2)c2ccccc2n1CC(N)=O. The number of para-hydroxylation sites is 1. The summed E-state index contributed by atoms with van der Waals surface area (Å²) in [7, 11) is 0. The summed E-state index contributed by atoms with van der Waals surface area (Å²) in [4.78, 5) is 15.4. The molecule has 25 heavy (non-hydrogen) atoms. The number of amides is 1. The van der Waals surface area contributed by atoms with Crippen molar-refractivity contribution in [3.8, 4) is 0 Å². The van der Waals surface area contributed by atoms with Gasteiger partial charge in [0.15, 0.2) is 0 Å². The van der Waals surface area contributed by atoms with E-state index >= 15 is 0 Å². The third kappa shape index (κ3) is 4.06. The second kappa shape index (κ2) is 7.94. The molecule has 1 amide bonds. The number of fused-ring (bicyclic) bond motifs is 1. The molecule has 0 bridgehead atoms. The zero-order valence-electron chi connectivity index (χ0n) is 14.5. The summed E-state index contributed by atoms with van der Waals surface area (Å²) < 4.78 is 2.01. The maximum Gasteiger partial charge on any atom is 0.237 e. The zero-order valence-corrected chi connectivity index (χ0v) is 14.5. The quantitative estimate of drug-likeness (QED) is 0.621. The highest BCUT2D eigenvalue weighted by atomic mass is 16.1. The van der Waals surface area contributed by atoms with E-state index in [-0.39, 0.29) is 12.5 Å². The monoisotopic (exact) mass is 336 g/mol. The van der Waals surface area contributed by atoms with Crippen molar-refractivity contribution in [2.24, 2.45) is 5.73 Å². The van der Waals surface area contributed by atoms with E-state index in [1.165, 1.54) is 16.5 Å². The van der Waals surface area contributed by atoms with Crippen molar-refractivity contribution >= 4 is 16.8 Å². The summed E-state index contributed by atoms with van der Waals surface area (Å²) in [6.07, 6.45) is 5.78. The highest BCUT2D eigenvalue weighted by molar-refractivity contribution is 5.87. The van der Waals surface area contributed by atoms with Crippen LogP contribution in [0.1, 0.15) is 23.2 Å². The van der Waals surface area contributed by atoms with Crippen molar-refractivity contribution < 1.29 is 4.79 Å². The van der Waals surface area contributed by atoms with Gasteiger partial charge < -0.3 is 15.6 Å². The van der Waals surface area contributed by atoms with Gasteiger partial charge in [-0.05, 0) is 55.6 Å². The largest absolute Gasteiger partial charge is 0.368 e. The Morgan fingerprint density at radius 2 is 1.96 bits per heavy atom. The molecule has 2 heterocycles. The van der Waals surface area contributed by atoms with Crippen molar-refractivity contribution in [1.82, 2.24) is 14.9 Å². The van der Waals surface area contributed by atoms with Crippen LogP contribution >= 0.6 is 0 Å². The number of aryl methyl sites for hydroxylation is 1. The Balaban J connectivity index is 1.65. The first-order valence-electron chi connectivity index (χ1n) is 8.61. The number of carbonyl (C=O) groups is 1. The summed E-state index contributed by atoms with van der Waals surface area (Å²) >= 11 is 0. The molecule has 0 spiro atoms. The summed E-state index contributed by atoms with van der Waals surface area (Å²) in [5, 5.41) is 4.71. The third-order valence-corrected chi connectivity index (χ3v) is 4.55. The lowest BCUT2D eigenvalue weighted by Crippen LogP contribution is -2.20. The number of pyridine rings is 1. The predicted molar refractivity (Wildman–Crippen MR) is 100 cm³/mol. The second-order valence-electron chi connectivity index (χ2n) is 6.27. The average molecular weight is 336 g/mol. The first kappa shape index (κ1) is 17.2. The highest BCUT2D eigenvalue weighted by Gasteiger charge is 2.14. The van der Waals surface area contributed by atoms with Gasteiger partial charge >= 0.3 is 0 Å². The van der Waals surface area contributed by atoms with Crippen LogP contribution in [0.2, 0.25) is 0 Å². The molecule has 0 unspecified atom stereocenters. The van der Waals surface area contributed by atoms with Gasteiger partial charge in [0.25, 0.3) is 0 Å². The van der Waals surface area contributed by atoms with Gasteiger partial charge in [-0.1, -0.05) is 18.2 Å². The van der Waals surface area contributed by atoms with Crippen LogP contribution in [0, 0.1) is 6.92 Å². The van der Waals surface area contributed by atoms with Crippen LogP contribution in [-0.4, -0.2) is 22.0 Å². The van der Waals surface area contributed by atoms with E-state index in [9.17, 15) is 4.79 Å². The molecule has 0 atom stereocenters. The van der Waals surface area contributed by atoms with Crippen LogP contribution < -0.4 is 11.1 Å². The van der Waals surface area contributed by atoms with Gasteiger partial charge in [0.2, 0.25) is 5.91 Å². The van der Waals surface area contributed by atoms with Crippen molar-refractivity contribution in [3.63, 3.8) is 0 Å². The molecular formula is C20H24N4O. The fourth-order valence-electron chi connectivity index (χ4n) is 3.27. The Morgan fingerprint density at radius 3 is 2.72 bits per heavy atom. The fourth-order valence-corrected chi connectivity index (χ4v) is 3.27. The maximum atomic E-state index is 11.4. The summed E-state index contributed by atoms with van der Waals surface area (Å²) in [5.74, 6) is -0.319. The number of nitrogens with one attached hydrogen (secondary N) is 1. The minimum absolute atomic E-state index is 0.217. The fraction of sp³-hybridized carbons (Fsp3) is 0.300. The normalized spacial score (nSPS) is 11.1. The first-order valence-corrected chi connectivity index (χ1v) is 8.61. The molecule has 0 aliphatic rings. The molecule has 0 saturated carbocycles. The number of rotatable bonds is 8. The summed E-state index contributed by atoms with van der Waals surface area (Å²) in [6.45, 7) is 4.00. The topological polar surface area (TPSA) is 72.9 Å². The number of primary amides is 1. The average Bonchev–Trinajstić information content (AvgIpc) is 2.88. The molecule has 1 aromatic carbocycles. The first-order chi connectivity index (χ1) is 12.2. The number of benzene rings is 1. The number of aromatic nitrogens is 2. The third-order valence-electron chi connectivity index (χ3n) is 4.55. The molecule has 3 aromatic rings. The summed E-state index contributed by atoms with van der Waals surface area (Å²) in [6, 6.07) is 12.3. The molecule has 0 fully saturated rings. The van der Waals surface area contributed by atoms with Crippen molar-refractivity contribution in [1.29, 1.82) is 0 Å². The van der Waals surface area contributed by atoms with E-state index in [1.807, 2.05) is 35.2 Å². The molecular weight excluding hydrogens is 312 g/mol. The van der Waals surface area contributed by atoms with Crippen LogP contribution in [0.25, 0.3) is 10.9 Å². The van der Waals surface area contributed by atoms with E-state index in [0.29, 0.717) is 0 Å².